The van der Waals surface area contributed by atoms with Gasteiger partial charge in [-0.05, 0) is 25.3 Å². The summed E-state index contributed by atoms with van der Waals surface area (Å²) in [5, 5.41) is 13.5. The highest BCUT2D eigenvalue weighted by atomic mass is 32.2. The van der Waals surface area contributed by atoms with E-state index in [0.29, 0.717) is 22.2 Å². The average molecular weight is 332 g/mol. The number of rotatable bonds is 4. The van der Waals surface area contributed by atoms with E-state index in [1.807, 2.05) is 67.8 Å². The third kappa shape index (κ3) is 3.39. The van der Waals surface area contributed by atoms with Crippen molar-refractivity contribution in [3.63, 3.8) is 0 Å². The lowest BCUT2D eigenvalue weighted by Gasteiger charge is -2.12. The highest BCUT2D eigenvalue weighted by Gasteiger charge is 2.16. The van der Waals surface area contributed by atoms with Crippen LogP contribution in [0.15, 0.2) is 59.8 Å². The van der Waals surface area contributed by atoms with Gasteiger partial charge in [0.15, 0.2) is 11.0 Å². The number of nitriles is 1. The van der Waals surface area contributed by atoms with Crippen molar-refractivity contribution in [2.75, 3.05) is 11.6 Å². The smallest absolute Gasteiger partial charge is 0.189 e. The van der Waals surface area contributed by atoms with E-state index in [1.165, 1.54) is 17.3 Å². The van der Waals surface area contributed by atoms with Gasteiger partial charge < -0.3 is 5.32 Å². The summed E-state index contributed by atoms with van der Waals surface area (Å²) in [4.78, 5) is 9.03. The third-order valence-corrected chi connectivity index (χ3v) is 4.09. The molecule has 0 saturated carbocycles. The zero-order valence-corrected chi connectivity index (χ0v) is 14.3. The Kier molecular flexibility index (Phi) is 4.78. The van der Waals surface area contributed by atoms with E-state index < -0.39 is 0 Å². The number of thioether (sulfide) groups is 1. The van der Waals surface area contributed by atoms with Gasteiger partial charge in [0.25, 0.3) is 0 Å². The fourth-order valence-electron chi connectivity index (χ4n) is 2.31. The summed E-state index contributed by atoms with van der Waals surface area (Å²) in [6.45, 7) is 2.03. The van der Waals surface area contributed by atoms with Crippen LogP contribution in [0.4, 0.5) is 11.5 Å². The highest BCUT2D eigenvalue weighted by Crippen LogP contribution is 2.30. The minimum Gasteiger partial charge on any atom is -0.339 e. The number of hydrogen-bond acceptors (Lipinski definition) is 5. The van der Waals surface area contributed by atoms with Crippen LogP contribution < -0.4 is 5.32 Å². The quantitative estimate of drug-likeness (QED) is 0.550. The second kappa shape index (κ2) is 7.16. The van der Waals surface area contributed by atoms with E-state index in [4.69, 9.17) is 0 Å². The average Bonchev–Trinajstić information content (AvgIpc) is 2.62. The Morgan fingerprint density at radius 1 is 1.00 bits per heavy atom. The van der Waals surface area contributed by atoms with Crippen molar-refractivity contribution in [3.05, 3.63) is 65.7 Å². The molecule has 0 fully saturated rings. The summed E-state index contributed by atoms with van der Waals surface area (Å²) >= 11 is 1.45. The molecule has 1 aromatic heterocycles. The second-order valence-corrected chi connectivity index (χ2v) is 6.02. The normalized spacial score (nSPS) is 10.2. The molecule has 118 valence electrons. The van der Waals surface area contributed by atoms with Crippen LogP contribution in [-0.4, -0.2) is 16.2 Å². The van der Waals surface area contributed by atoms with Crippen LogP contribution in [-0.2, 0) is 0 Å². The summed E-state index contributed by atoms with van der Waals surface area (Å²) in [6.07, 6.45) is 1.92. The Bertz CT molecular complexity index is 884. The van der Waals surface area contributed by atoms with Crippen molar-refractivity contribution < 1.29 is 0 Å². The van der Waals surface area contributed by atoms with Crippen LogP contribution in [0.5, 0.6) is 0 Å². The molecule has 3 aromatic rings. The summed E-state index contributed by atoms with van der Waals surface area (Å²) in [5.74, 6) is 0.527. The minimum absolute atomic E-state index is 0.445. The maximum atomic E-state index is 9.68. The summed E-state index contributed by atoms with van der Waals surface area (Å²) in [5.41, 5.74) is 4.05. The number of anilines is 2. The first-order valence-corrected chi connectivity index (χ1v) is 8.69. The second-order valence-electron chi connectivity index (χ2n) is 5.25. The molecule has 0 aliphatic rings. The van der Waals surface area contributed by atoms with Gasteiger partial charge in [-0.3, -0.25) is 0 Å². The number of hydrogen-bond donors (Lipinski definition) is 1. The first-order chi connectivity index (χ1) is 11.7. The van der Waals surface area contributed by atoms with E-state index in [9.17, 15) is 5.26 Å². The van der Waals surface area contributed by atoms with E-state index in [1.54, 1.807) is 0 Å². The molecular formula is C19H16N4S. The lowest BCUT2D eigenvalue weighted by molar-refractivity contribution is 0.975. The molecular weight excluding hydrogens is 316 g/mol. The molecule has 1 heterocycles. The Hall–Kier alpha value is -2.84. The zero-order valence-electron chi connectivity index (χ0n) is 13.4. The van der Waals surface area contributed by atoms with Gasteiger partial charge in [0.1, 0.15) is 11.6 Å². The summed E-state index contributed by atoms with van der Waals surface area (Å²) in [6, 6.07) is 19.9. The fraction of sp³-hybridized carbons (Fsp3) is 0.105. The summed E-state index contributed by atoms with van der Waals surface area (Å²) in [7, 11) is 0. The molecule has 1 N–H and O–H groups in total. The Labute approximate surface area is 145 Å². The number of aromatic nitrogens is 2. The SMILES string of the molecule is CSc1nc(Nc2ccccc2)c(C#N)c(-c2ccc(C)cc2)n1. The van der Waals surface area contributed by atoms with Crippen LogP contribution >= 0.6 is 11.8 Å². The van der Waals surface area contributed by atoms with E-state index in [0.717, 1.165) is 11.3 Å². The van der Waals surface area contributed by atoms with Crippen molar-refractivity contribution >= 4 is 23.3 Å². The van der Waals surface area contributed by atoms with Crippen LogP contribution in [0.1, 0.15) is 11.1 Å². The van der Waals surface area contributed by atoms with Gasteiger partial charge in [-0.15, -0.1) is 0 Å². The van der Waals surface area contributed by atoms with Crippen molar-refractivity contribution in [3.8, 4) is 17.3 Å². The van der Waals surface area contributed by atoms with Crippen LogP contribution in [0.3, 0.4) is 0 Å². The number of nitrogens with zero attached hydrogens (tertiary/aromatic N) is 3. The summed E-state index contributed by atoms with van der Waals surface area (Å²) < 4.78 is 0. The molecule has 0 aliphatic heterocycles. The van der Waals surface area contributed by atoms with Gasteiger partial charge in [0.2, 0.25) is 0 Å². The monoisotopic (exact) mass is 332 g/mol. The van der Waals surface area contributed by atoms with Crippen molar-refractivity contribution in [2.24, 2.45) is 0 Å². The maximum absolute atomic E-state index is 9.68. The molecule has 0 aliphatic carbocycles. The number of aryl methyl sites for hydroxylation is 1. The largest absolute Gasteiger partial charge is 0.339 e. The van der Waals surface area contributed by atoms with Crippen molar-refractivity contribution in [2.45, 2.75) is 12.1 Å². The topological polar surface area (TPSA) is 61.6 Å². The molecule has 0 unspecified atom stereocenters. The van der Waals surface area contributed by atoms with Gasteiger partial charge in [0, 0.05) is 11.3 Å². The van der Waals surface area contributed by atoms with Crippen LogP contribution in [0, 0.1) is 18.3 Å². The lowest BCUT2D eigenvalue weighted by atomic mass is 10.1. The van der Waals surface area contributed by atoms with Gasteiger partial charge >= 0.3 is 0 Å². The molecule has 0 atom stereocenters. The Balaban J connectivity index is 2.13. The zero-order chi connectivity index (χ0) is 16.9. The molecule has 0 bridgehead atoms. The standard InChI is InChI=1S/C19H16N4S/c1-13-8-10-14(11-9-13)17-16(12-20)18(23-19(22-17)24-2)21-15-6-4-3-5-7-15/h3-11H,1-2H3,(H,21,22,23). The van der Waals surface area contributed by atoms with Gasteiger partial charge in [-0.2, -0.15) is 5.26 Å². The number of benzene rings is 2. The molecule has 2 aromatic carbocycles. The first-order valence-electron chi connectivity index (χ1n) is 7.46. The molecule has 0 radical (unpaired) electrons. The van der Waals surface area contributed by atoms with E-state index >= 15 is 0 Å². The Morgan fingerprint density at radius 2 is 1.71 bits per heavy atom. The van der Waals surface area contributed by atoms with Crippen LogP contribution in [0.2, 0.25) is 0 Å². The van der Waals surface area contributed by atoms with Gasteiger partial charge in [-0.1, -0.05) is 59.8 Å². The molecule has 4 nitrogen and oxygen atoms in total. The highest BCUT2D eigenvalue weighted by molar-refractivity contribution is 7.98. The van der Waals surface area contributed by atoms with Crippen molar-refractivity contribution in [1.82, 2.24) is 9.97 Å². The first kappa shape index (κ1) is 16.0. The lowest BCUT2D eigenvalue weighted by Crippen LogP contribution is -2.03. The maximum Gasteiger partial charge on any atom is 0.189 e. The molecule has 3 rings (SSSR count). The third-order valence-electron chi connectivity index (χ3n) is 3.54. The van der Waals surface area contributed by atoms with Gasteiger partial charge in [0.05, 0.1) is 5.69 Å². The fourth-order valence-corrected chi connectivity index (χ4v) is 2.67. The molecule has 0 amide bonds. The van der Waals surface area contributed by atoms with E-state index in [2.05, 4.69) is 21.4 Å². The predicted octanol–water partition coefficient (Wildman–Crippen LogP) is 4.79. The minimum atomic E-state index is 0.445. The molecule has 0 saturated heterocycles. The number of nitrogens with one attached hydrogen (secondary N) is 1. The van der Waals surface area contributed by atoms with Gasteiger partial charge in [-0.25, -0.2) is 9.97 Å². The molecule has 24 heavy (non-hydrogen) atoms. The van der Waals surface area contributed by atoms with E-state index in [-0.39, 0.29) is 0 Å². The number of para-hydroxylation sites is 1. The van der Waals surface area contributed by atoms with Crippen molar-refractivity contribution in [1.29, 1.82) is 5.26 Å². The molecule has 0 spiro atoms. The van der Waals surface area contributed by atoms with Crippen LogP contribution in [0.25, 0.3) is 11.3 Å². The Morgan fingerprint density at radius 3 is 2.33 bits per heavy atom. The molecule has 5 heteroatoms. The predicted molar refractivity (Wildman–Crippen MR) is 98.4 cm³/mol.